The molecule has 0 saturated carbocycles. The molecule has 6 nitrogen and oxygen atoms in total. The van der Waals surface area contributed by atoms with Crippen molar-refractivity contribution in [2.45, 2.75) is 26.5 Å². The van der Waals surface area contributed by atoms with E-state index < -0.39 is 5.97 Å². The SMILES string of the molecule is CCn1nc(C(=O)OC2CN(c3nc4ccc(F)cc4s3)C2)cc1C. The summed E-state index contributed by atoms with van der Waals surface area (Å²) in [7, 11) is 0. The number of carbonyl (C=O) groups excluding carboxylic acids is 1. The predicted octanol–water partition coefficient (Wildman–Crippen LogP) is 3.01. The maximum atomic E-state index is 13.3. The molecule has 1 aliphatic rings. The van der Waals surface area contributed by atoms with Gasteiger partial charge in [-0.1, -0.05) is 11.3 Å². The van der Waals surface area contributed by atoms with Crippen molar-refractivity contribution in [1.29, 1.82) is 0 Å². The lowest BCUT2D eigenvalue weighted by Gasteiger charge is -2.37. The zero-order valence-electron chi connectivity index (χ0n) is 13.9. The molecule has 1 fully saturated rings. The van der Waals surface area contributed by atoms with Gasteiger partial charge < -0.3 is 9.64 Å². The Hall–Kier alpha value is -2.48. The molecule has 1 aromatic carbocycles. The first-order valence-corrected chi connectivity index (χ1v) is 8.91. The third-order valence-electron chi connectivity index (χ3n) is 4.22. The Morgan fingerprint density at radius 3 is 2.92 bits per heavy atom. The number of esters is 1. The van der Waals surface area contributed by atoms with Crippen LogP contribution >= 0.6 is 11.3 Å². The summed E-state index contributed by atoms with van der Waals surface area (Å²) in [6, 6.07) is 6.31. The van der Waals surface area contributed by atoms with Crippen molar-refractivity contribution < 1.29 is 13.9 Å². The zero-order chi connectivity index (χ0) is 17.6. The average Bonchev–Trinajstić information content (AvgIpc) is 3.12. The molecule has 130 valence electrons. The number of ether oxygens (including phenoxy) is 1. The van der Waals surface area contributed by atoms with E-state index in [1.807, 2.05) is 18.7 Å². The lowest BCUT2D eigenvalue weighted by atomic mass is 10.2. The molecule has 0 spiro atoms. The highest BCUT2D eigenvalue weighted by Crippen LogP contribution is 2.32. The Kier molecular flexibility index (Phi) is 3.91. The summed E-state index contributed by atoms with van der Waals surface area (Å²) in [5, 5.41) is 5.06. The summed E-state index contributed by atoms with van der Waals surface area (Å²) in [5.41, 5.74) is 2.06. The largest absolute Gasteiger partial charge is 0.454 e. The molecule has 8 heteroatoms. The minimum atomic E-state index is -0.397. The number of rotatable bonds is 4. The molecule has 0 atom stereocenters. The minimum Gasteiger partial charge on any atom is -0.454 e. The molecule has 2 aromatic heterocycles. The first-order valence-electron chi connectivity index (χ1n) is 8.10. The Bertz CT molecular complexity index is 945. The highest BCUT2D eigenvalue weighted by Gasteiger charge is 2.33. The smallest absolute Gasteiger partial charge is 0.359 e. The van der Waals surface area contributed by atoms with Crippen LogP contribution in [0.1, 0.15) is 23.1 Å². The fourth-order valence-corrected chi connectivity index (χ4v) is 3.84. The van der Waals surface area contributed by atoms with Crippen LogP contribution in [-0.2, 0) is 11.3 Å². The van der Waals surface area contributed by atoms with Gasteiger partial charge in [-0.25, -0.2) is 14.2 Å². The number of aromatic nitrogens is 3. The van der Waals surface area contributed by atoms with Crippen LogP contribution in [0.25, 0.3) is 10.2 Å². The molecule has 0 aliphatic carbocycles. The molecule has 0 bridgehead atoms. The van der Waals surface area contributed by atoms with Crippen molar-refractivity contribution in [3.8, 4) is 0 Å². The van der Waals surface area contributed by atoms with Crippen LogP contribution in [-0.4, -0.2) is 39.9 Å². The molecule has 0 unspecified atom stereocenters. The van der Waals surface area contributed by atoms with Gasteiger partial charge in [-0.05, 0) is 38.1 Å². The van der Waals surface area contributed by atoms with E-state index >= 15 is 0 Å². The molecule has 1 aliphatic heterocycles. The number of benzene rings is 1. The molecule has 4 rings (SSSR count). The number of hydrogen-bond acceptors (Lipinski definition) is 6. The van der Waals surface area contributed by atoms with Crippen molar-refractivity contribution in [3.63, 3.8) is 0 Å². The molecule has 1 saturated heterocycles. The third kappa shape index (κ3) is 2.97. The normalized spacial score (nSPS) is 14.8. The maximum absolute atomic E-state index is 13.3. The van der Waals surface area contributed by atoms with Gasteiger partial charge in [0.1, 0.15) is 11.9 Å². The first kappa shape index (κ1) is 16.0. The summed E-state index contributed by atoms with van der Waals surface area (Å²) < 4.78 is 21.3. The second-order valence-corrected chi connectivity index (χ2v) is 7.04. The Morgan fingerprint density at radius 2 is 2.20 bits per heavy atom. The monoisotopic (exact) mass is 360 g/mol. The summed E-state index contributed by atoms with van der Waals surface area (Å²) in [6.07, 6.45) is -0.177. The van der Waals surface area contributed by atoms with E-state index in [0.29, 0.717) is 25.3 Å². The van der Waals surface area contributed by atoms with Crippen LogP contribution in [0.2, 0.25) is 0 Å². The number of aryl methyl sites for hydroxylation is 2. The van der Waals surface area contributed by atoms with Crippen LogP contribution in [0.15, 0.2) is 24.3 Å². The van der Waals surface area contributed by atoms with Crippen LogP contribution in [0, 0.1) is 12.7 Å². The second kappa shape index (κ2) is 6.11. The fraction of sp³-hybridized carbons (Fsp3) is 0.353. The highest BCUT2D eigenvalue weighted by molar-refractivity contribution is 7.22. The summed E-state index contributed by atoms with van der Waals surface area (Å²) >= 11 is 1.44. The van der Waals surface area contributed by atoms with Gasteiger partial charge in [-0.2, -0.15) is 5.10 Å². The Labute approximate surface area is 147 Å². The average molecular weight is 360 g/mol. The molecule has 3 aromatic rings. The third-order valence-corrected chi connectivity index (χ3v) is 5.30. The van der Waals surface area contributed by atoms with Crippen LogP contribution in [0.5, 0.6) is 0 Å². The summed E-state index contributed by atoms with van der Waals surface area (Å²) in [6.45, 7) is 5.77. The predicted molar refractivity (Wildman–Crippen MR) is 93.6 cm³/mol. The molecular formula is C17H17FN4O2S. The zero-order valence-corrected chi connectivity index (χ0v) is 14.7. The maximum Gasteiger partial charge on any atom is 0.359 e. The standard InChI is InChI=1S/C17H17FN4O2S/c1-3-22-10(2)6-14(20-22)16(23)24-12-8-21(9-12)17-19-13-5-4-11(18)7-15(13)25-17/h4-7,12H,3,8-9H2,1-2H3. The Balaban J connectivity index is 1.38. The highest BCUT2D eigenvalue weighted by atomic mass is 32.1. The molecule has 0 radical (unpaired) electrons. The molecule has 0 N–H and O–H groups in total. The number of hydrogen-bond donors (Lipinski definition) is 0. The van der Waals surface area contributed by atoms with Crippen molar-refractivity contribution in [2.75, 3.05) is 18.0 Å². The minimum absolute atomic E-state index is 0.177. The van der Waals surface area contributed by atoms with E-state index in [2.05, 4.69) is 10.1 Å². The lowest BCUT2D eigenvalue weighted by Crippen LogP contribution is -2.53. The topological polar surface area (TPSA) is 60.3 Å². The lowest BCUT2D eigenvalue weighted by molar-refractivity contribution is 0.0226. The van der Waals surface area contributed by atoms with Crippen LogP contribution in [0.4, 0.5) is 9.52 Å². The van der Waals surface area contributed by atoms with Crippen LogP contribution < -0.4 is 4.90 Å². The second-order valence-electron chi connectivity index (χ2n) is 6.03. The quantitative estimate of drug-likeness (QED) is 0.670. The van der Waals surface area contributed by atoms with Gasteiger partial charge >= 0.3 is 5.97 Å². The number of fused-ring (bicyclic) bond motifs is 1. The number of nitrogens with zero attached hydrogens (tertiary/aromatic N) is 4. The van der Waals surface area contributed by atoms with Gasteiger partial charge in [0.25, 0.3) is 0 Å². The van der Waals surface area contributed by atoms with E-state index in [-0.39, 0.29) is 11.9 Å². The van der Waals surface area contributed by atoms with Crippen molar-refractivity contribution >= 4 is 32.7 Å². The van der Waals surface area contributed by atoms with E-state index in [1.54, 1.807) is 16.8 Å². The van der Waals surface area contributed by atoms with Gasteiger partial charge in [0.15, 0.2) is 10.8 Å². The summed E-state index contributed by atoms with van der Waals surface area (Å²) in [4.78, 5) is 18.7. The molecule has 3 heterocycles. The van der Waals surface area contributed by atoms with Crippen molar-refractivity contribution in [2.24, 2.45) is 0 Å². The molecule has 0 amide bonds. The van der Waals surface area contributed by atoms with Crippen LogP contribution in [0.3, 0.4) is 0 Å². The van der Waals surface area contributed by atoms with E-state index in [1.165, 1.54) is 23.5 Å². The molecule has 25 heavy (non-hydrogen) atoms. The Morgan fingerprint density at radius 1 is 1.40 bits per heavy atom. The number of carbonyl (C=O) groups is 1. The molecular weight excluding hydrogens is 343 g/mol. The summed E-state index contributed by atoms with van der Waals surface area (Å²) in [5.74, 6) is -0.661. The van der Waals surface area contributed by atoms with Gasteiger partial charge in [-0.15, -0.1) is 0 Å². The number of thiazole rings is 1. The van der Waals surface area contributed by atoms with Gasteiger partial charge in [0.2, 0.25) is 0 Å². The number of halogens is 1. The fourth-order valence-electron chi connectivity index (χ4n) is 2.83. The first-order chi connectivity index (χ1) is 12.0. The van der Waals surface area contributed by atoms with Crippen molar-refractivity contribution in [3.05, 3.63) is 41.5 Å². The van der Waals surface area contributed by atoms with Gasteiger partial charge in [-0.3, -0.25) is 4.68 Å². The van der Waals surface area contributed by atoms with Gasteiger partial charge in [0.05, 0.1) is 23.3 Å². The van der Waals surface area contributed by atoms with E-state index in [4.69, 9.17) is 4.74 Å². The number of anilines is 1. The van der Waals surface area contributed by atoms with Gasteiger partial charge in [0, 0.05) is 12.2 Å². The van der Waals surface area contributed by atoms with E-state index in [0.717, 1.165) is 21.0 Å². The van der Waals surface area contributed by atoms with E-state index in [9.17, 15) is 9.18 Å². The van der Waals surface area contributed by atoms with Crippen molar-refractivity contribution in [1.82, 2.24) is 14.8 Å².